The van der Waals surface area contributed by atoms with Crippen LogP contribution in [0.25, 0.3) is 16.6 Å². The lowest BCUT2D eigenvalue weighted by Crippen LogP contribution is -2.39. The molecule has 8 nitrogen and oxygen atoms in total. The highest BCUT2D eigenvalue weighted by Crippen LogP contribution is 2.34. The number of carbonyl (C=O) groups is 2. The first kappa shape index (κ1) is 28.6. The largest absolute Gasteiger partial charge is 0.461 e. The number of esters is 1. The highest BCUT2D eigenvalue weighted by molar-refractivity contribution is 5.86. The molecule has 1 unspecified atom stereocenters. The molecule has 2 heterocycles. The maximum atomic E-state index is 13.0. The molecule has 1 atom stereocenters. The number of allylic oxidation sites excluding steroid dienone is 3. The van der Waals surface area contributed by atoms with Gasteiger partial charge in [0, 0.05) is 31.9 Å². The molecule has 3 N–H and O–H groups in total. The van der Waals surface area contributed by atoms with Gasteiger partial charge in [-0.05, 0) is 106 Å². The zero-order valence-corrected chi connectivity index (χ0v) is 24.1. The minimum atomic E-state index is -0.265. The first-order chi connectivity index (χ1) is 19.5. The molecule has 3 fully saturated rings. The van der Waals surface area contributed by atoms with Crippen LogP contribution in [0, 0.1) is 11.8 Å². The summed E-state index contributed by atoms with van der Waals surface area (Å²) in [5.41, 5.74) is 4.65. The van der Waals surface area contributed by atoms with Gasteiger partial charge in [-0.25, -0.2) is 4.98 Å². The van der Waals surface area contributed by atoms with Crippen LogP contribution in [0.1, 0.15) is 76.1 Å². The fourth-order valence-corrected chi connectivity index (χ4v) is 6.06. The van der Waals surface area contributed by atoms with Crippen LogP contribution in [0.5, 0.6) is 0 Å². The second-order valence-electron chi connectivity index (χ2n) is 11.9. The van der Waals surface area contributed by atoms with Gasteiger partial charge in [0.15, 0.2) is 0 Å². The Morgan fingerprint density at radius 2 is 1.93 bits per heavy atom. The molecule has 0 radical (unpaired) electrons. The fraction of sp³-hybridized carbons (Fsp3) is 0.594. The molecule has 0 bridgehead atoms. The van der Waals surface area contributed by atoms with Crippen molar-refractivity contribution < 1.29 is 14.3 Å². The minimum absolute atomic E-state index is 0.0893. The summed E-state index contributed by atoms with van der Waals surface area (Å²) in [7, 11) is 1.86. The van der Waals surface area contributed by atoms with Crippen molar-refractivity contribution in [2.45, 2.75) is 89.9 Å². The molecular formula is C32H45N5O3. The van der Waals surface area contributed by atoms with E-state index in [1.807, 2.05) is 26.2 Å². The van der Waals surface area contributed by atoms with E-state index in [-0.39, 0.29) is 18.1 Å². The van der Waals surface area contributed by atoms with Crippen LogP contribution >= 0.6 is 0 Å². The van der Waals surface area contributed by atoms with Gasteiger partial charge in [-0.2, -0.15) is 0 Å². The molecule has 3 aliphatic rings. The van der Waals surface area contributed by atoms with E-state index in [0.717, 1.165) is 98.9 Å². The second-order valence-corrected chi connectivity index (χ2v) is 11.9. The van der Waals surface area contributed by atoms with Gasteiger partial charge in [-0.3, -0.25) is 9.59 Å². The summed E-state index contributed by atoms with van der Waals surface area (Å²) in [4.78, 5) is 29.6. The van der Waals surface area contributed by atoms with Crippen LogP contribution in [-0.4, -0.2) is 54.1 Å². The van der Waals surface area contributed by atoms with Crippen molar-refractivity contribution in [2.24, 2.45) is 11.8 Å². The number of hydrogen-bond donors (Lipinski definition) is 3. The number of rotatable bonds is 13. The molecular weight excluding hydrogens is 502 g/mol. The third-order valence-electron chi connectivity index (χ3n) is 8.53. The standard InChI is InChI=1S/C32H45N5O3/c1-22(21-38)15-26(19-33-2)31-36-28-17-25(9-10-30(28)37(31)20-24-11-13-34-14-12-24)18-35-29(16-23-7-8-23)32(39)40-27-5-3-4-6-27/h9-10,15,17,19,21,23-24,27,29,33-35H,3-8,11-14,16,18,20H2,1-2H3/b22-15-,26-19+. The van der Waals surface area contributed by atoms with E-state index in [9.17, 15) is 9.59 Å². The Labute approximate surface area is 238 Å². The van der Waals surface area contributed by atoms with Gasteiger partial charge >= 0.3 is 5.97 Å². The van der Waals surface area contributed by atoms with Crippen LogP contribution in [0.15, 0.2) is 36.0 Å². The molecule has 1 aliphatic heterocycles. The third-order valence-corrected chi connectivity index (χ3v) is 8.53. The third kappa shape index (κ3) is 7.40. The minimum Gasteiger partial charge on any atom is -0.461 e. The molecule has 40 heavy (non-hydrogen) atoms. The number of ether oxygens (including phenoxy) is 1. The Balaban J connectivity index is 1.38. The second kappa shape index (κ2) is 13.6. The van der Waals surface area contributed by atoms with E-state index in [4.69, 9.17) is 9.72 Å². The quantitative estimate of drug-likeness (QED) is 0.147. The highest BCUT2D eigenvalue weighted by atomic mass is 16.5. The first-order valence-electron chi connectivity index (χ1n) is 15.2. The summed E-state index contributed by atoms with van der Waals surface area (Å²) in [5.74, 6) is 1.97. The summed E-state index contributed by atoms with van der Waals surface area (Å²) < 4.78 is 8.19. The van der Waals surface area contributed by atoms with Gasteiger partial charge in [0.05, 0.1) is 11.0 Å². The van der Waals surface area contributed by atoms with Crippen molar-refractivity contribution in [3.05, 3.63) is 47.4 Å². The molecule has 1 aromatic carbocycles. The molecule has 2 saturated carbocycles. The maximum absolute atomic E-state index is 13.0. The van der Waals surface area contributed by atoms with Crippen LogP contribution in [0.4, 0.5) is 0 Å². The monoisotopic (exact) mass is 547 g/mol. The Morgan fingerprint density at radius 3 is 2.62 bits per heavy atom. The van der Waals surface area contributed by atoms with Crippen LogP contribution in [0.3, 0.4) is 0 Å². The SMILES string of the molecule is CN/C=C(\C=C(\C)C=O)c1nc2cc(CNC(CC3CC3)C(=O)OC3CCCC3)ccc2n1CC1CCNCC1. The zero-order chi connectivity index (χ0) is 27.9. The number of nitrogens with zero attached hydrogens (tertiary/aromatic N) is 2. The zero-order valence-electron chi connectivity index (χ0n) is 24.1. The van der Waals surface area contributed by atoms with Crippen molar-refractivity contribution >= 4 is 28.9 Å². The Morgan fingerprint density at radius 1 is 1.15 bits per heavy atom. The number of nitrogens with one attached hydrogen (secondary N) is 3. The number of benzene rings is 1. The predicted octanol–water partition coefficient (Wildman–Crippen LogP) is 4.49. The van der Waals surface area contributed by atoms with E-state index in [0.29, 0.717) is 24.0 Å². The number of imidazole rings is 1. The van der Waals surface area contributed by atoms with Crippen LogP contribution < -0.4 is 16.0 Å². The number of carbonyl (C=O) groups excluding carboxylic acids is 2. The normalized spacial score (nSPS) is 20.1. The lowest BCUT2D eigenvalue weighted by atomic mass is 9.98. The molecule has 1 aromatic heterocycles. The van der Waals surface area contributed by atoms with Crippen LogP contribution in [-0.2, 0) is 27.4 Å². The smallest absolute Gasteiger partial charge is 0.323 e. The molecule has 2 aliphatic carbocycles. The maximum Gasteiger partial charge on any atom is 0.323 e. The highest BCUT2D eigenvalue weighted by Gasteiger charge is 2.32. The summed E-state index contributed by atoms with van der Waals surface area (Å²) >= 11 is 0. The summed E-state index contributed by atoms with van der Waals surface area (Å²) in [6.45, 7) is 5.37. The van der Waals surface area contributed by atoms with E-state index >= 15 is 0 Å². The van der Waals surface area contributed by atoms with E-state index in [1.54, 1.807) is 0 Å². The predicted molar refractivity (Wildman–Crippen MR) is 159 cm³/mol. The Kier molecular flexibility index (Phi) is 9.70. The van der Waals surface area contributed by atoms with Gasteiger partial charge in [-0.15, -0.1) is 0 Å². The summed E-state index contributed by atoms with van der Waals surface area (Å²) in [5, 5.41) is 10.1. The molecule has 0 spiro atoms. The average Bonchev–Trinajstić information content (AvgIpc) is 3.51. The van der Waals surface area contributed by atoms with E-state index in [1.165, 1.54) is 12.8 Å². The number of hydrogen-bond acceptors (Lipinski definition) is 7. The molecule has 2 aromatic rings. The molecule has 8 heteroatoms. The summed E-state index contributed by atoms with van der Waals surface area (Å²) in [6.07, 6.45) is 14.6. The fourth-order valence-electron chi connectivity index (χ4n) is 6.06. The first-order valence-corrected chi connectivity index (χ1v) is 15.2. The molecule has 0 amide bonds. The van der Waals surface area contributed by atoms with Gasteiger partial charge in [0.1, 0.15) is 24.3 Å². The van der Waals surface area contributed by atoms with Gasteiger partial charge in [-0.1, -0.05) is 18.9 Å². The van der Waals surface area contributed by atoms with E-state index < -0.39 is 0 Å². The van der Waals surface area contributed by atoms with Crippen molar-refractivity contribution in [2.75, 3.05) is 20.1 Å². The number of aromatic nitrogens is 2. The number of aldehydes is 1. The van der Waals surface area contributed by atoms with Gasteiger partial charge < -0.3 is 25.3 Å². The number of piperidine rings is 1. The van der Waals surface area contributed by atoms with Crippen molar-refractivity contribution in [3.63, 3.8) is 0 Å². The number of fused-ring (bicyclic) bond motifs is 1. The Bertz CT molecular complexity index is 1230. The average molecular weight is 548 g/mol. The van der Waals surface area contributed by atoms with Gasteiger partial charge in [0.2, 0.25) is 0 Å². The molecule has 1 saturated heterocycles. The van der Waals surface area contributed by atoms with Crippen molar-refractivity contribution in [3.8, 4) is 0 Å². The topological polar surface area (TPSA) is 97.3 Å². The Hall–Kier alpha value is -2.97. The lowest BCUT2D eigenvalue weighted by molar-refractivity contribution is -0.151. The van der Waals surface area contributed by atoms with E-state index in [2.05, 4.69) is 38.7 Å². The molecule has 5 rings (SSSR count). The van der Waals surface area contributed by atoms with Gasteiger partial charge in [0.25, 0.3) is 0 Å². The summed E-state index contributed by atoms with van der Waals surface area (Å²) in [6, 6.07) is 6.17. The van der Waals surface area contributed by atoms with Crippen LogP contribution in [0.2, 0.25) is 0 Å². The van der Waals surface area contributed by atoms with Crippen molar-refractivity contribution in [1.82, 2.24) is 25.5 Å². The molecule has 216 valence electrons. The van der Waals surface area contributed by atoms with Crippen molar-refractivity contribution in [1.29, 1.82) is 0 Å². The lowest BCUT2D eigenvalue weighted by Gasteiger charge is -2.24.